The Hall–Kier alpha value is -0.900. The van der Waals surface area contributed by atoms with Crippen molar-refractivity contribution in [3.8, 4) is 10.6 Å². The second kappa shape index (κ2) is 6.70. The predicted molar refractivity (Wildman–Crippen MR) is 88.6 cm³/mol. The van der Waals surface area contributed by atoms with Crippen molar-refractivity contribution < 1.29 is 0 Å². The van der Waals surface area contributed by atoms with Crippen molar-refractivity contribution >= 4 is 22.9 Å². The van der Waals surface area contributed by atoms with Gasteiger partial charge >= 0.3 is 0 Å². The van der Waals surface area contributed by atoms with Crippen LogP contribution in [0.3, 0.4) is 0 Å². The Morgan fingerprint density at radius 3 is 2.50 bits per heavy atom. The molecular formula is C16H21ClN2S. The monoisotopic (exact) mass is 308 g/mol. The highest BCUT2D eigenvalue weighted by Crippen LogP contribution is 2.35. The van der Waals surface area contributed by atoms with Gasteiger partial charge in [-0.15, -0.1) is 11.3 Å². The molecule has 2 rings (SSSR count). The summed E-state index contributed by atoms with van der Waals surface area (Å²) in [6, 6.07) is 8.37. The van der Waals surface area contributed by atoms with Crippen LogP contribution in [0, 0.1) is 0 Å². The fourth-order valence-corrected chi connectivity index (χ4v) is 3.48. The van der Waals surface area contributed by atoms with Crippen molar-refractivity contribution in [2.75, 3.05) is 0 Å². The lowest BCUT2D eigenvalue weighted by atomic mass is 10.1. The highest BCUT2D eigenvalue weighted by Gasteiger charge is 2.16. The lowest BCUT2D eigenvalue weighted by Crippen LogP contribution is -2.22. The number of benzene rings is 1. The summed E-state index contributed by atoms with van der Waals surface area (Å²) in [4.78, 5) is 6.12. The van der Waals surface area contributed by atoms with E-state index in [1.54, 1.807) is 11.3 Å². The maximum absolute atomic E-state index is 6.28. The fraction of sp³-hybridized carbons (Fsp3) is 0.438. The minimum Gasteiger partial charge on any atom is -0.310 e. The zero-order chi connectivity index (χ0) is 14.7. The highest BCUT2D eigenvalue weighted by atomic mass is 35.5. The number of hydrogen-bond acceptors (Lipinski definition) is 3. The maximum atomic E-state index is 6.28. The molecule has 0 saturated heterocycles. The minimum absolute atomic E-state index is 0.423. The molecule has 20 heavy (non-hydrogen) atoms. The Kier molecular flexibility index (Phi) is 5.19. The molecule has 0 fully saturated rings. The lowest BCUT2D eigenvalue weighted by Gasteiger charge is -2.09. The van der Waals surface area contributed by atoms with Gasteiger partial charge in [-0.05, 0) is 12.0 Å². The van der Waals surface area contributed by atoms with Crippen LogP contribution in [0.2, 0.25) is 5.02 Å². The van der Waals surface area contributed by atoms with Crippen LogP contribution >= 0.6 is 22.9 Å². The summed E-state index contributed by atoms with van der Waals surface area (Å²) in [5.41, 5.74) is 2.20. The molecule has 2 nitrogen and oxygen atoms in total. The van der Waals surface area contributed by atoms with Gasteiger partial charge in [0.1, 0.15) is 5.01 Å². The van der Waals surface area contributed by atoms with Gasteiger partial charge < -0.3 is 5.32 Å². The summed E-state index contributed by atoms with van der Waals surface area (Å²) in [6.07, 6.45) is 0. The highest BCUT2D eigenvalue weighted by molar-refractivity contribution is 7.15. The number of nitrogens with zero attached hydrogens (tertiary/aromatic N) is 1. The number of rotatable bonds is 5. The van der Waals surface area contributed by atoms with Crippen LogP contribution in [-0.2, 0) is 6.54 Å². The zero-order valence-electron chi connectivity index (χ0n) is 12.4. The Balaban J connectivity index is 2.36. The zero-order valence-corrected chi connectivity index (χ0v) is 14.0. The van der Waals surface area contributed by atoms with E-state index in [2.05, 4.69) is 33.0 Å². The second-order valence-corrected chi connectivity index (χ2v) is 6.99. The van der Waals surface area contributed by atoms with Crippen molar-refractivity contribution in [3.05, 3.63) is 39.9 Å². The van der Waals surface area contributed by atoms with Gasteiger partial charge in [-0.2, -0.15) is 0 Å². The first-order chi connectivity index (χ1) is 9.49. The molecule has 0 aliphatic heterocycles. The van der Waals surface area contributed by atoms with E-state index < -0.39 is 0 Å². The Labute approximate surface area is 130 Å². The molecular weight excluding hydrogens is 288 g/mol. The van der Waals surface area contributed by atoms with Crippen LogP contribution in [0.4, 0.5) is 0 Å². The first-order valence-corrected chi connectivity index (χ1v) is 8.16. The van der Waals surface area contributed by atoms with Crippen LogP contribution in [0.1, 0.15) is 44.2 Å². The first-order valence-electron chi connectivity index (χ1n) is 6.97. The molecule has 0 saturated carbocycles. The summed E-state index contributed by atoms with van der Waals surface area (Å²) < 4.78 is 0. The molecule has 0 unspecified atom stereocenters. The molecule has 2 aromatic rings. The van der Waals surface area contributed by atoms with Gasteiger partial charge in [-0.25, -0.2) is 4.98 Å². The van der Waals surface area contributed by atoms with Gasteiger partial charge in [-0.1, -0.05) is 57.5 Å². The summed E-state index contributed by atoms with van der Waals surface area (Å²) in [5, 5.41) is 5.25. The SMILES string of the molecule is CC(C)NCc1sc(-c2ccccc2Cl)nc1C(C)C. The van der Waals surface area contributed by atoms with Crippen molar-refractivity contribution in [1.82, 2.24) is 10.3 Å². The van der Waals surface area contributed by atoms with E-state index in [9.17, 15) is 0 Å². The molecule has 0 bridgehead atoms. The smallest absolute Gasteiger partial charge is 0.125 e. The van der Waals surface area contributed by atoms with Gasteiger partial charge in [0.2, 0.25) is 0 Å². The van der Waals surface area contributed by atoms with Crippen LogP contribution < -0.4 is 5.32 Å². The van der Waals surface area contributed by atoms with Gasteiger partial charge in [-0.3, -0.25) is 0 Å². The summed E-state index contributed by atoms with van der Waals surface area (Å²) in [7, 11) is 0. The molecule has 0 aliphatic carbocycles. The number of hydrogen-bond donors (Lipinski definition) is 1. The lowest BCUT2D eigenvalue weighted by molar-refractivity contribution is 0.588. The van der Waals surface area contributed by atoms with E-state index in [1.165, 1.54) is 10.6 Å². The average molecular weight is 309 g/mol. The summed E-state index contributed by atoms with van der Waals surface area (Å²) in [6.45, 7) is 9.55. The number of aromatic nitrogens is 1. The van der Waals surface area contributed by atoms with E-state index in [1.807, 2.05) is 24.3 Å². The van der Waals surface area contributed by atoms with E-state index in [0.717, 1.165) is 22.1 Å². The van der Waals surface area contributed by atoms with E-state index in [-0.39, 0.29) is 0 Å². The van der Waals surface area contributed by atoms with Gasteiger partial charge in [0.05, 0.1) is 10.7 Å². The fourth-order valence-electron chi connectivity index (χ4n) is 1.99. The van der Waals surface area contributed by atoms with E-state index in [0.29, 0.717) is 12.0 Å². The quantitative estimate of drug-likeness (QED) is 0.832. The van der Waals surface area contributed by atoms with Crippen LogP contribution in [-0.4, -0.2) is 11.0 Å². The normalized spacial score (nSPS) is 11.6. The third kappa shape index (κ3) is 3.60. The third-order valence-electron chi connectivity index (χ3n) is 3.05. The molecule has 1 aromatic heterocycles. The molecule has 0 radical (unpaired) electrons. The first kappa shape index (κ1) is 15.5. The summed E-state index contributed by atoms with van der Waals surface area (Å²) >= 11 is 8.02. The topological polar surface area (TPSA) is 24.9 Å². The van der Waals surface area contributed by atoms with Crippen LogP contribution in [0.15, 0.2) is 24.3 Å². The van der Waals surface area contributed by atoms with Gasteiger partial charge in [0, 0.05) is 23.0 Å². The predicted octanol–water partition coefficient (Wildman–Crippen LogP) is 5.08. The summed E-state index contributed by atoms with van der Waals surface area (Å²) in [5.74, 6) is 0.423. The molecule has 1 N–H and O–H groups in total. The molecule has 0 atom stereocenters. The van der Waals surface area contributed by atoms with Gasteiger partial charge in [0.15, 0.2) is 0 Å². The van der Waals surface area contributed by atoms with Crippen LogP contribution in [0.25, 0.3) is 10.6 Å². The van der Waals surface area contributed by atoms with E-state index in [4.69, 9.17) is 16.6 Å². The number of halogens is 1. The van der Waals surface area contributed by atoms with Crippen molar-refractivity contribution in [3.63, 3.8) is 0 Å². The Bertz CT molecular complexity index is 576. The molecule has 0 aliphatic rings. The number of nitrogens with one attached hydrogen (secondary N) is 1. The number of thiazole rings is 1. The molecule has 0 amide bonds. The maximum Gasteiger partial charge on any atom is 0.125 e. The molecule has 1 heterocycles. The largest absolute Gasteiger partial charge is 0.310 e. The molecule has 0 spiro atoms. The van der Waals surface area contributed by atoms with Crippen molar-refractivity contribution in [1.29, 1.82) is 0 Å². The Morgan fingerprint density at radius 2 is 1.90 bits per heavy atom. The van der Waals surface area contributed by atoms with Gasteiger partial charge in [0.25, 0.3) is 0 Å². The second-order valence-electron chi connectivity index (χ2n) is 5.50. The Morgan fingerprint density at radius 1 is 1.20 bits per heavy atom. The van der Waals surface area contributed by atoms with Crippen LogP contribution in [0.5, 0.6) is 0 Å². The molecule has 4 heteroatoms. The molecule has 1 aromatic carbocycles. The average Bonchev–Trinajstić information content (AvgIpc) is 2.81. The third-order valence-corrected chi connectivity index (χ3v) is 4.48. The van der Waals surface area contributed by atoms with Crippen molar-refractivity contribution in [2.45, 2.75) is 46.2 Å². The standard InChI is InChI=1S/C16H21ClN2S/c1-10(2)15-14(9-18-11(3)4)20-16(19-15)12-7-5-6-8-13(12)17/h5-8,10-11,18H,9H2,1-4H3. The van der Waals surface area contributed by atoms with Crippen molar-refractivity contribution in [2.24, 2.45) is 0 Å². The van der Waals surface area contributed by atoms with E-state index >= 15 is 0 Å². The molecule has 108 valence electrons. The minimum atomic E-state index is 0.423.